The Bertz CT molecular complexity index is 1230. The predicted octanol–water partition coefficient (Wildman–Crippen LogP) is 11.4. The summed E-state index contributed by atoms with van der Waals surface area (Å²) in [5.74, 6) is -0.917. The van der Waals surface area contributed by atoms with Gasteiger partial charge in [-0.15, -0.1) is 0 Å². The Hall–Kier alpha value is -2.81. The highest BCUT2D eigenvalue weighted by molar-refractivity contribution is 7.45. The van der Waals surface area contributed by atoms with Crippen molar-refractivity contribution in [2.75, 3.05) is 47.5 Å². The molecule has 0 aliphatic carbocycles. The van der Waals surface area contributed by atoms with Gasteiger partial charge in [-0.2, -0.15) is 0 Å². The number of esters is 2. The van der Waals surface area contributed by atoms with Gasteiger partial charge in [0.05, 0.1) is 27.7 Å². The summed E-state index contributed by atoms with van der Waals surface area (Å²) in [7, 11) is 1.11. The zero-order valence-electron chi connectivity index (χ0n) is 35.8. The number of ether oxygens (including phenoxy) is 2. The van der Waals surface area contributed by atoms with Crippen molar-refractivity contribution in [3.05, 3.63) is 85.1 Å². The molecule has 0 radical (unpaired) electrons. The molecule has 2 atom stereocenters. The summed E-state index contributed by atoms with van der Waals surface area (Å²) < 4.78 is 33.8. The number of allylic oxidation sites excluding steroid dienone is 14. The van der Waals surface area contributed by atoms with Crippen LogP contribution < -0.4 is 4.89 Å². The summed E-state index contributed by atoms with van der Waals surface area (Å²) in [5, 5.41) is 0. The summed E-state index contributed by atoms with van der Waals surface area (Å²) in [5.41, 5.74) is 0. The van der Waals surface area contributed by atoms with Crippen molar-refractivity contribution in [2.24, 2.45) is 0 Å². The van der Waals surface area contributed by atoms with E-state index in [9.17, 15) is 19.0 Å². The number of likely N-dealkylation sites (N-methyl/N-ethyl adjacent to an activating group) is 1. The van der Waals surface area contributed by atoms with Gasteiger partial charge in [-0.05, 0) is 89.9 Å². The van der Waals surface area contributed by atoms with Gasteiger partial charge in [-0.3, -0.25) is 14.2 Å². The van der Waals surface area contributed by atoms with E-state index in [0.717, 1.165) is 83.5 Å². The minimum Gasteiger partial charge on any atom is -0.756 e. The number of carbonyl (C=O) groups excluding carboxylic acids is 2. The van der Waals surface area contributed by atoms with E-state index in [2.05, 4.69) is 98.9 Å². The normalized spacial score (nSPS) is 14.5. The van der Waals surface area contributed by atoms with Crippen molar-refractivity contribution in [3.8, 4) is 0 Å². The summed E-state index contributed by atoms with van der Waals surface area (Å²) in [6.07, 6.45) is 47.5. The first-order valence-electron chi connectivity index (χ1n) is 21.3. The average molecular weight is 804 g/mol. The molecule has 320 valence electrons. The molecule has 0 saturated carbocycles. The topological polar surface area (TPSA) is 111 Å². The molecular weight excluding hydrogens is 725 g/mol. The molecule has 10 heteroatoms. The second kappa shape index (κ2) is 37.7. The molecule has 0 fully saturated rings. The van der Waals surface area contributed by atoms with Crippen LogP contribution in [0.1, 0.15) is 142 Å². The predicted molar refractivity (Wildman–Crippen MR) is 231 cm³/mol. The highest BCUT2D eigenvalue weighted by Crippen LogP contribution is 2.38. The summed E-state index contributed by atoms with van der Waals surface area (Å²) in [6.45, 7) is 3.98. The van der Waals surface area contributed by atoms with Crippen LogP contribution in [-0.4, -0.2) is 70.0 Å². The quantitative estimate of drug-likeness (QED) is 0.0201. The van der Waals surface area contributed by atoms with E-state index in [1.807, 2.05) is 21.1 Å². The molecule has 56 heavy (non-hydrogen) atoms. The second-order valence-electron chi connectivity index (χ2n) is 15.0. The van der Waals surface area contributed by atoms with Crippen LogP contribution in [0.3, 0.4) is 0 Å². The van der Waals surface area contributed by atoms with Crippen LogP contribution in [0.4, 0.5) is 0 Å². The summed E-state index contributed by atoms with van der Waals surface area (Å²) >= 11 is 0. The first kappa shape index (κ1) is 53.2. The molecule has 9 nitrogen and oxygen atoms in total. The third-order valence-corrected chi connectivity index (χ3v) is 9.36. The Morgan fingerprint density at radius 2 is 1.02 bits per heavy atom. The van der Waals surface area contributed by atoms with Crippen molar-refractivity contribution >= 4 is 19.8 Å². The Balaban J connectivity index is 4.52. The van der Waals surface area contributed by atoms with Crippen molar-refractivity contribution in [3.63, 3.8) is 0 Å². The molecule has 0 aromatic rings. The van der Waals surface area contributed by atoms with Crippen molar-refractivity contribution in [1.82, 2.24) is 0 Å². The number of hydrogen-bond donors (Lipinski definition) is 0. The smallest absolute Gasteiger partial charge is 0.306 e. The Morgan fingerprint density at radius 1 is 0.571 bits per heavy atom. The Labute approximate surface area is 341 Å². The van der Waals surface area contributed by atoms with Gasteiger partial charge < -0.3 is 27.9 Å². The van der Waals surface area contributed by atoms with Crippen LogP contribution in [0, 0.1) is 0 Å². The number of nitrogens with zero attached hydrogens (tertiary/aromatic N) is 1. The number of phosphoric ester groups is 1. The Kier molecular flexibility index (Phi) is 35.9. The zero-order valence-corrected chi connectivity index (χ0v) is 36.7. The maximum Gasteiger partial charge on any atom is 0.306 e. The molecule has 0 aromatic heterocycles. The Morgan fingerprint density at radius 3 is 1.54 bits per heavy atom. The first-order chi connectivity index (χ1) is 27.0. The molecule has 0 aliphatic rings. The SMILES string of the molecule is CC/C=C\C/C=C\C/C=C\C/C=C\CCCCCCC(=O)O[C@H](COC(=O)CCCC/C=C\C/C=C\C/C=C\CCCCC)COP(=O)([O-])OCC[N+](C)(C)C. The van der Waals surface area contributed by atoms with E-state index in [1.54, 1.807) is 0 Å². The zero-order chi connectivity index (χ0) is 41.4. The summed E-state index contributed by atoms with van der Waals surface area (Å²) in [4.78, 5) is 37.5. The van der Waals surface area contributed by atoms with Gasteiger partial charge in [-0.1, -0.05) is 125 Å². The average Bonchev–Trinajstić information content (AvgIpc) is 3.15. The van der Waals surface area contributed by atoms with Crippen LogP contribution in [0.2, 0.25) is 0 Å². The number of quaternary nitrogens is 1. The number of phosphoric acid groups is 1. The lowest BCUT2D eigenvalue weighted by molar-refractivity contribution is -0.870. The van der Waals surface area contributed by atoms with Crippen LogP contribution in [0.5, 0.6) is 0 Å². The van der Waals surface area contributed by atoms with Gasteiger partial charge >= 0.3 is 11.9 Å². The molecule has 1 unspecified atom stereocenters. The van der Waals surface area contributed by atoms with E-state index in [1.165, 1.54) is 19.3 Å². The van der Waals surface area contributed by atoms with Crippen molar-refractivity contribution in [1.29, 1.82) is 0 Å². The van der Waals surface area contributed by atoms with Crippen molar-refractivity contribution in [2.45, 2.75) is 148 Å². The maximum absolute atomic E-state index is 12.7. The molecule has 0 rings (SSSR count). The number of unbranched alkanes of at least 4 members (excludes halogenated alkanes) is 9. The molecule has 0 amide bonds. The van der Waals surface area contributed by atoms with Gasteiger partial charge in [0.15, 0.2) is 6.10 Å². The molecule has 0 aromatic carbocycles. The number of carbonyl (C=O) groups is 2. The molecule has 0 spiro atoms. The van der Waals surface area contributed by atoms with Crippen LogP contribution in [0.15, 0.2) is 85.1 Å². The standard InChI is InChI=1S/C46H78NO8P/c1-6-8-10-12-14-16-18-20-22-23-25-27-29-31-33-35-37-39-46(49)55-44(43-54-56(50,51)53-41-40-47(3,4)5)42-52-45(48)38-36-34-32-30-28-26-24-21-19-17-15-13-11-9-7-2/h8,10,14-17,20-22,24-25,27-28,30,44H,6-7,9,11-13,18-19,23,26,29,31-43H2,1-5H3/b10-8-,16-14-,17-15-,22-20-,24-21-,27-25-,30-28-/t44-/m1/s1. The van der Waals surface area contributed by atoms with E-state index in [0.29, 0.717) is 23.9 Å². The van der Waals surface area contributed by atoms with E-state index in [-0.39, 0.29) is 26.1 Å². The molecular formula is C46H78NO8P. The maximum atomic E-state index is 12.7. The van der Waals surface area contributed by atoms with Crippen LogP contribution >= 0.6 is 7.82 Å². The number of hydrogen-bond acceptors (Lipinski definition) is 8. The van der Waals surface area contributed by atoms with Gasteiger partial charge in [0, 0.05) is 12.8 Å². The molecule has 0 aliphatic heterocycles. The molecule has 0 saturated heterocycles. The second-order valence-corrected chi connectivity index (χ2v) is 16.4. The fourth-order valence-corrected chi connectivity index (χ4v) is 5.79. The van der Waals surface area contributed by atoms with Crippen LogP contribution in [0.25, 0.3) is 0 Å². The largest absolute Gasteiger partial charge is 0.756 e. The fraction of sp³-hybridized carbons (Fsp3) is 0.652. The van der Waals surface area contributed by atoms with E-state index >= 15 is 0 Å². The van der Waals surface area contributed by atoms with Crippen molar-refractivity contribution < 1.29 is 42.1 Å². The van der Waals surface area contributed by atoms with Gasteiger partial charge in [-0.25, -0.2) is 0 Å². The highest BCUT2D eigenvalue weighted by Gasteiger charge is 2.21. The highest BCUT2D eigenvalue weighted by atomic mass is 31.2. The lowest BCUT2D eigenvalue weighted by Crippen LogP contribution is -2.37. The minimum absolute atomic E-state index is 0.0469. The van der Waals surface area contributed by atoms with Crippen LogP contribution in [-0.2, 0) is 32.7 Å². The molecule has 0 heterocycles. The lowest BCUT2D eigenvalue weighted by atomic mass is 10.1. The lowest BCUT2D eigenvalue weighted by Gasteiger charge is -2.28. The van der Waals surface area contributed by atoms with Gasteiger partial charge in [0.2, 0.25) is 0 Å². The van der Waals surface area contributed by atoms with Gasteiger partial charge in [0.25, 0.3) is 7.82 Å². The van der Waals surface area contributed by atoms with Gasteiger partial charge in [0.1, 0.15) is 19.8 Å². The number of rotatable bonds is 37. The molecule has 0 N–H and O–H groups in total. The summed E-state index contributed by atoms with van der Waals surface area (Å²) in [6, 6.07) is 0. The van der Waals surface area contributed by atoms with E-state index < -0.39 is 32.5 Å². The minimum atomic E-state index is -4.64. The third kappa shape index (κ3) is 40.8. The monoisotopic (exact) mass is 804 g/mol. The van der Waals surface area contributed by atoms with E-state index in [4.69, 9.17) is 18.5 Å². The molecule has 0 bridgehead atoms. The first-order valence-corrected chi connectivity index (χ1v) is 22.8. The third-order valence-electron chi connectivity index (χ3n) is 8.40. The fourth-order valence-electron chi connectivity index (χ4n) is 5.06.